The minimum Gasteiger partial charge on any atom is -0.348 e. The summed E-state index contributed by atoms with van der Waals surface area (Å²) in [6.45, 7) is -0.177. The van der Waals surface area contributed by atoms with Crippen LogP contribution in [-0.2, 0) is 25.3 Å². The van der Waals surface area contributed by atoms with Crippen molar-refractivity contribution in [1.82, 2.24) is 4.72 Å². The standard InChI is InChI=1S/C16H18N2O6S/c1-23-16(24-2,13-6-4-3-5-7-13)12-17-25(21,22)15-10-8-14(9-11-15)18(19)20/h3-11,17H,12H2,1-2H3. The number of non-ortho nitro benzene ring substituents is 1. The Hall–Kier alpha value is -2.33. The molecular weight excluding hydrogens is 348 g/mol. The highest BCUT2D eigenvalue weighted by Crippen LogP contribution is 2.26. The fourth-order valence-electron chi connectivity index (χ4n) is 2.28. The van der Waals surface area contributed by atoms with E-state index in [1.54, 1.807) is 24.3 Å². The highest BCUT2D eigenvalue weighted by molar-refractivity contribution is 7.89. The van der Waals surface area contributed by atoms with Gasteiger partial charge in [-0.15, -0.1) is 0 Å². The molecule has 0 spiro atoms. The summed E-state index contributed by atoms with van der Waals surface area (Å²) in [5.41, 5.74) is 0.456. The maximum absolute atomic E-state index is 12.4. The van der Waals surface area contributed by atoms with Crippen LogP contribution in [0.25, 0.3) is 0 Å². The van der Waals surface area contributed by atoms with Crippen molar-refractivity contribution in [1.29, 1.82) is 0 Å². The van der Waals surface area contributed by atoms with E-state index in [0.29, 0.717) is 5.56 Å². The molecule has 0 aliphatic rings. The minimum absolute atomic E-state index is 0.0905. The predicted octanol–water partition coefficient (Wildman–Crippen LogP) is 2.02. The van der Waals surface area contributed by atoms with E-state index in [1.807, 2.05) is 6.07 Å². The molecular formula is C16H18N2O6S. The lowest BCUT2D eigenvalue weighted by molar-refractivity contribution is -0.384. The molecule has 0 aromatic heterocycles. The first-order valence-corrected chi connectivity index (χ1v) is 8.73. The molecule has 2 aromatic carbocycles. The van der Waals surface area contributed by atoms with Crippen LogP contribution in [0.5, 0.6) is 0 Å². The van der Waals surface area contributed by atoms with Gasteiger partial charge in [0, 0.05) is 31.9 Å². The molecule has 25 heavy (non-hydrogen) atoms. The Labute approximate surface area is 145 Å². The summed E-state index contributed by atoms with van der Waals surface area (Å²) in [6.07, 6.45) is 0. The molecule has 0 amide bonds. The van der Waals surface area contributed by atoms with E-state index < -0.39 is 20.7 Å². The van der Waals surface area contributed by atoms with Gasteiger partial charge in [0.2, 0.25) is 15.8 Å². The Morgan fingerprint density at radius 1 is 1.04 bits per heavy atom. The topological polar surface area (TPSA) is 108 Å². The zero-order chi connectivity index (χ0) is 18.5. The van der Waals surface area contributed by atoms with E-state index in [0.717, 1.165) is 12.1 Å². The number of nitrogens with zero attached hydrogens (tertiary/aromatic N) is 1. The summed E-state index contributed by atoms with van der Waals surface area (Å²) in [5.74, 6) is -1.30. The second-order valence-electron chi connectivity index (χ2n) is 5.10. The van der Waals surface area contributed by atoms with Gasteiger partial charge in [0.15, 0.2) is 0 Å². The molecule has 0 bridgehead atoms. The lowest BCUT2D eigenvalue weighted by Gasteiger charge is -2.31. The largest absolute Gasteiger partial charge is 0.348 e. The Morgan fingerprint density at radius 2 is 1.60 bits per heavy atom. The van der Waals surface area contributed by atoms with E-state index in [9.17, 15) is 18.5 Å². The van der Waals surface area contributed by atoms with Crippen LogP contribution < -0.4 is 4.72 Å². The average Bonchev–Trinajstić information content (AvgIpc) is 2.64. The van der Waals surface area contributed by atoms with Gasteiger partial charge < -0.3 is 9.47 Å². The Kier molecular flexibility index (Phi) is 5.85. The molecule has 0 fully saturated rings. The second kappa shape index (κ2) is 7.70. The molecule has 2 rings (SSSR count). The van der Waals surface area contributed by atoms with Gasteiger partial charge in [-0.2, -0.15) is 0 Å². The number of hydrogen-bond donors (Lipinski definition) is 1. The number of hydrogen-bond acceptors (Lipinski definition) is 6. The quantitative estimate of drug-likeness (QED) is 0.435. The van der Waals surface area contributed by atoms with Crippen LogP contribution in [0.1, 0.15) is 5.56 Å². The number of nitro groups is 1. The molecule has 0 aliphatic heterocycles. The van der Waals surface area contributed by atoms with Gasteiger partial charge in [0.1, 0.15) is 0 Å². The molecule has 0 saturated carbocycles. The molecule has 0 unspecified atom stereocenters. The maximum atomic E-state index is 12.4. The van der Waals surface area contributed by atoms with Crippen molar-refractivity contribution < 1.29 is 22.8 Å². The van der Waals surface area contributed by atoms with E-state index in [2.05, 4.69) is 4.72 Å². The van der Waals surface area contributed by atoms with Crippen molar-refractivity contribution in [2.45, 2.75) is 10.7 Å². The summed E-state index contributed by atoms with van der Waals surface area (Å²) >= 11 is 0. The van der Waals surface area contributed by atoms with Crippen LogP contribution >= 0.6 is 0 Å². The van der Waals surface area contributed by atoms with Crippen molar-refractivity contribution in [2.75, 3.05) is 20.8 Å². The molecule has 8 nitrogen and oxygen atoms in total. The molecule has 0 heterocycles. The number of nitrogens with one attached hydrogen (secondary N) is 1. The third-order valence-corrected chi connectivity index (χ3v) is 5.14. The fraction of sp³-hybridized carbons (Fsp3) is 0.250. The van der Waals surface area contributed by atoms with E-state index in [4.69, 9.17) is 9.47 Å². The van der Waals surface area contributed by atoms with E-state index in [1.165, 1.54) is 26.4 Å². The van der Waals surface area contributed by atoms with Crippen molar-refractivity contribution in [3.8, 4) is 0 Å². The first-order chi connectivity index (χ1) is 11.8. The highest BCUT2D eigenvalue weighted by Gasteiger charge is 2.34. The lowest BCUT2D eigenvalue weighted by atomic mass is 10.1. The summed E-state index contributed by atoms with van der Waals surface area (Å²) < 4.78 is 38.1. The molecule has 0 saturated heterocycles. The molecule has 134 valence electrons. The number of rotatable bonds is 8. The van der Waals surface area contributed by atoms with Crippen LogP contribution in [0.3, 0.4) is 0 Å². The van der Waals surface area contributed by atoms with Gasteiger partial charge in [-0.05, 0) is 12.1 Å². The van der Waals surface area contributed by atoms with Gasteiger partial charge in [-0.25, -0.2) is 13.1 Å². The van der Waals surface area contributed by atoms with Gasteiger partial charge in [0.25, 0.3) is 5.69 Å². The number of nitro benzene ring substituents is 1. The average molecular weight is 366 g/mol. The zero-order valence-electron chi connectivity index (χ0n) is 13.7. The molecule has 2 aromatic rings. The van der Waals surface area contributed by atoms with Crippen molar-refractivity contribution in [3.63, 3.8) is 0 Å². The van der Waals surface area contributed by atoms with Crippen LogP contribution in [-0.4, -0.2) is 34.1 Å². The molecule has 0 radical (unpaired) electrons. The SMILES string of the molecule is COC(CNS(=O)(=O)c1ccc([N+](=O)[O-])cc1)(OC)c1ccccc1. The van der Waals surface area contributed by atoms with Crippen molar-refractivity contribution >= 4 is 15.7 Å². The number of ether oxygens (including phenoxy) is 2. The normalized spacial score (nSPS) is 12.1. The lowest BCUT2D eigenvalue weighted by Crippen LogP contribution is -2.43. The number of methoxy groups -OCH3 is 2. The van der Waals surface area contributed by atoms with Gasteiger partial charge in [-0.1, -0.05) is 30.3 Å². The molecule has 1 N–H and O–H groups in total. The van der Waals surface area contributed by atoms with E-state index >= 15 is 0 Å². The van der Waals surface area contributed by atoms with Crippen LogP contribution in [0.4, 0.5) is 5.69 Å². The molecule has 0 atom stereocenters. The summed E-state index contributed by atoms with van der Waals surface area (Å²) in [7, 11) is -1.07. The van der Waals surface area contributed by atoms with Crippen LogP contribution in [0.2, 0.25) is 0 Å². The third-order valence-electron chi connectivity index (χ3n) is 3.73. The van der Waals surface area contributed by atoms with Crippen LogP contribution in [0.15, 0.2) is 59.5 Å². The molecule has 0 aliphatic carbocycles. The predicted molar refractivity (Wildman–Crippen MR) is 90.4 cm³/mol. The number of benzene rings is 2. The summed E-state index contributed by atoms with van der Waals surface area (Å²) in [6, 6.07) is 13.5. The summed E-state index contributed by atoms with van der Waals surface area (Å²) in [5, 5.41) is 10.7. The zero-order valence-corrected chi connectivity index (χ0v) is 14.5. The van der Waals surface area contributed by atoms with Crippen molar-refractivity contribution in [3.05, 3.63) is 70.3 Å². The first-order valence-electron chi connectivity index (χ1n) is 7.24. The van der Waals surface area contributed by atoms with E-state index in [-0.39, 0.29) is 17.1 Å². The Bertz CT molecular complexity index is 817. The highest BCUT2D eigenvalue weighted by atomic mass is 32.2. The fourth-order valence-corrected chi connectivity index (χ4v) is 3.32. The van der Waals surface area contributed by atoms with Crippen LogP contribution in [0, 0.1) is 10.1 Å². The first kappa shape index (κ1) is 19.0. The maximum Gasteiger partial charge on any atom is 0.269 e. The third kappa shape index (κ3) is 4.20. The number of sulfonamides is 1. The monoisotopic (exact) mass is 366 g/mol. The minimum atomic E-state index is -3.90. The Balaban J connectivity index is 2.23. The van der Waals surface area contributed by atoms with Gasteiger partial charge in [0.05, 0.1) is 16.4 Å². The van der Waals surface area contributed by atoms with Gasteiger partial charge >= 0.3 is 0 Å². The second-order valence-corrected chi connectivity index (χ2v) is 6.87. The molecule has 9 heteroatoms. The summed E-state index contributed by atoms with van der Waals surface area (Å²) in [4.78, 5) is 9.97. The van der Waals surface area contributed by atoms with Gasteiger partial charge in [-0.3, -0.25) is 10.1 Å². The smallest absolute Gasteiger partial charge is 0.269 e. The Morgan fingerprint density at radius 3 is 2.08 bits per heavy atom. The van der Waals surface area contributed by atoms with Crippen molar-refractivity contribution in [2.24, 2.45) is 0 Å².